The highest BCUT2D eigenvalue weighted by Crippen LogP contribution is 2.33. The molecule has 2 aromatic carbocycles. The van der Waals surface area contributed by atoms with Gasteiger partial charge >= 0.3 is 0 Å². The summed E-state index contributed by atoms with van der Waals surface area (Å²) in [7, 11) is 1.54. The molecule has 0 aliphatic rings. The fourth-order valence-electron chi connectivity index (χ4n) is 2.69. The molecular weight excluding hydrogens is 368 g/mol. The zero-order chi connectivity index (χ0) is 19.4. The van der Waals surface area contributed by atoms with Crippen LogP contribution in [0.4, 0.5) is 5.69 Å². The number of carbonyl (C=O) groups excluding carboxylic acids is 1. The Morgan fingerprint density at radius 1 is 1.22 bits per heavy atom. The average Bonchev–Trinajstić information content (AvgIpc) is 3.05. The van der Waals surface area contributed by atoms with Crippen molar-refractivity contribution >= 4 is 23.2 Å². The van der Waals surface area contributed by atoms with Gasteiger partial charge in [-0.25, -0.2) is 0 Å². The summed E-state index contributed by atoms with van der Waals surface area (Å²) in [5.74, 6) is 1.19. The topological polar surface area (TPSA) is 73.6 Å². The molecule has 6 nitrogen and oxygen atoms in total. The van der Waals surface area contributed by atoms with Gasteiger partial charge in [-0.15, -0.1) is 0 Å². The number of hydrogen-bond acceptors (Lipinski definition) is 5. The van der Waals surface area contributed by atoms with Crippen molar-refractivity contribution in [3.8, 4) is 22.8 Å². The van der Waals surface area contributed by atoms with Crippen molar-refractivity contribution in [2.45, 2.75) is 13.8 Å². The molecule has 7 heteroatoms. The van der Waals surface area contributed by atoms with E-state index in [1.165, 1.54) is 0 Å². The number of amides is 1. The number of aromatic nitrogens is 1. The minimum absolute atomic E-state index is 0.330. The lowest BCUT2D eigenvalue weighted by Crippen LogP contribution is -2.13. The number of halogens is 1. The highest BCUT2D eigenvalue weighted by molar-refractivity contribution is 6.33. The molecule has 0 saturated heterocycles. The average molecular weight is 387 g/mol. The molecule has 0 bridgehead atoms. The van der Waals surface area contributed by atoms with E-state index in [1.807, 2.05) is 19.1 Å². The van der Waals surface area contributed by atoms with E-state index in [0.29, 0.717) is 51.4 Å². The number of nitrogens with one attached hydrogen (secondary N) is 1. The van der Waals surface area contributed by atoms with Crippen molar-refractivity contribution in [2.24, 2.45) is 0 Å². The number of rotatable bonds is 6. The standard InChI is InChI=1S/C20H19ClN2O4/c1-4-26-16-10-9-13(11-17(16)25-3)22-20(24)18-12(2)27-23-19(18)14-7-5-6-8-15(14)21/h5-11H,4H2,1-3H3,(H,22,24). The Kier molecular flexibility index (Phi) is 5.66. The summed E-state index contributed by atoms with van der Waals surface area (Å²) in [6, 6.07) is 12.3. The lowest BCUT2D eigenvalue weighted by Gasteiger charge is -2.12. The molecule has 0 saturated carbocycles. The van der Waals surface area contributed by atoms with E-state index in [9.17, 15) is 4.79 Å². The smallest absolute Gasteiger partial charge is 0.261 e. The Morgan fingerprint density at radius 3 is 2.70 bits per heavy atom. The summed E-state index contributed by atoms with van der Waals surface area (Å²) in [6.45, 7) is 4.09. The van der Waals surface area contributed by atoms with Gasteiger partial charge in [-0.05, 0) is 32.0 Å². The van der Waals surface area contributed by atoms with Crippen molar-refractivity contribution in [1.29, 1.82) is 0 Å². The van der Waals surface area contributed by atoms with Gasteiger partial charge in [0, 0.05) is 17.3 Å². The molecule has 0 radical (unpaired) electrons. The fourth-order valence-corrected chi connectivity index (χ4v) is 2.92. The van der Waals surface area contributed by atoms with E-state index in [4.69, 9.17) is 25.6 Å². The van der Waals surface area contributed by atoms with Crippen LogP contribution in [0.2, 0.25) is 5.02 Å². The van der Waals surface area contributed by atoms with Gasteiger partial charge in [0.25, 0.3) is 5.91 Å². The molecule has 1 amide bonds. The number of anilines is 1. The molecule has 0 spiro atoms. The van der Waals surface area contributed by atoms with E-state index < -0.39 is 0 Å². The third-order valence-corrected chi connectivity index (χ3v) is 4.27. The van der Waals surface area contributed by atoms with Crippen molar-refractivity contribution in [2.75, 3.05) is 19.0 Å². The SMILES string of the molecule is CCOc1ccc(NC(=O)c2c(-c3ccccc3Cl)noc2C)cc1OC. The Hall–Kier alpha value is -2.99. The van der Waals surface area contributed by atoms with Gasteiger partial charge < -0.3 is 19.3 Å². The molecule has 1 N–H and O–H groups in total. The quantitative estimate of drug-likeness (QED) is 0.647. The molecule has 0 atom stereocenters. The number of methoxy groups -OCH3 is 1. The van der Waals surface area contributed by atoms with Crippen LogP contribution in [-0.2, 0) is 0 Å². The molecule has 3 aromatic rings. The molecule has 3 rings (SSSR count). The van der Waals surface area contributed by atoms with Gasteiger partial charge in [-0.1, -0.05) is 35.0 Å². The lowest BCUT2D eigenvalue weighted by molar-refractivity contribution is 0.102. The number of hydrogen-bond donors (Lipinski definition) is 1. The molecule has 0 unspecified atom stereocenters. The Labute approximate surface area is 162 Å². The van der Waals surface area contributed by atoms with Crippen LogP contribution in [0.3, 0.4) is 0 Å². The molecule has 1 aromatic heterocycles. The van der Waals surface area contributed by atoms with Crippen LogP contribution in [0.5, 0.6) is 11.5 Å². The number of carbonyl (C=O) groups is 1. The van der Waals surface area contributed by atoms with Crippen LogP contribution in [-0.4, -0.2) is 24.8 Å². The van der Waals surface area contributed by atoms with Crippen LogP contribution in [0.15, 0.2) is 47.0 Å². The van der Waals surface area contributed by atoms with Gasteiger partial charge in [0.05, 0.1) is 18.7 Å². The summed E-state index contributed by atoms with van der Waals surface area (Å²) < 4.78 is 16.1. The van der Waals surface area contributed by atoms with Crippen LogP contribution in [0.1, 0.15) is 23.0 Å². The van der Waals surface area contributed by atoms with E-state index in [2.05, 4.69) is 10.5 Å². The summed E-state index contributed by atoms with van der Waals surface area (Å²) >= 11 is 6.25. The minimum atomic E-state index is -0.352. The zero-order valence-corrected chi connectivity index (χ0v) is 16.0. The van der Waals surface area contributed by atoms with Crippen LogP contribution in [0.25, 0.3) is 11.3 Å². The third kappa shape index (κ3) is 3.90. The maximum Gasteiger partial charge on any atom is 0.261 e. The second-order valence-corrected chi connectivity index (χ2v) is 6.10. The van der Waals surface area contributed by atoms with Gasteiger partial charge in [0.1, 0.15) is 17.0 Å². The maximum atomic E-state index is 12.9. The molecule has 1 heterocycles. The van der Waals surface area contributed by atoms with Crippen molar-refractivity contribution in [1.82, 2.24) is 5.16 Å². The summed E-state index contributed by atoms with van der Waals surface area (Å²) in [5.41, 5.74) is 1.92. The normalized spacial score (nSPS) is 10.5. The minimum Gasteiger partial charge on any atom is -0.493 e. The zero-order valence-electron chi connectivity index (χ0n) is 15.2. The summed E-state index contributed by atoms with van der Waals surface area (Å²) in [4.78, 5) is 12.9. The van der Waals surface area contributed by atoms with Gasteiger partial charge in [-0.3, -0.25) is 4.79 Å². The van der Waals surface area contributed by atoms with Crippen LogP contribution in [0, 0.1) is 6.92 Å². The van der Waals surface area contributed by atoms with Gasteiger partial charge in [0.2, 0.25) is 0 Å². The van der Waals surface area contributed by atoms with Crippen molar-refractivity contribution < 1.29 is 18.8 Å². The number of ether oxygens (including phenoxy) is 2. The van der Waals surface area contributed by atoms with E-state index in [1.54, 1.807) is 44.4 Å². The Morgan fingerprint density at radius 2 is 2.00 bits per heavy atom. The van der Waals surface area contributed by atoms with Gasteiger partial charge in [0.15, 0.2) is 11.5 Å². The monoisotopic (exact) mass is 386 g/mol. The molecule has 27 heavy (non-hydrogen) atoms. The molecule has 140 valence electrons. The van der Waals surface area contributed by atoms with Crippen LogP contribution >= 0.6 is 11.6 Å². The molecule has 0 aliphatic carbocycles. The Bertz CT molecular complexity index is 968. The number of benzene rings is 2. The highest BCUT2D eigenvalue weighted by atomic mass is 35.5. The second-order valence-electron chi connectivity index (χ2n) is 5.69. The first-order chi connectivity index (χ1) is 13.0. The van der Waals surface area contributed by atoms with Crippen molar-refractivity contribution in [3.05, 3.63) is 58.8 Å². The maximum absolute atomic E-state index is 12.9. The first kappa shape index (κ1) is 18.8. The first-order valence-corrected chi connectivity index (χ1v) is 8.76. The first-order valence-electron chi connectivity index (χ1n) is 8.38. The van der Waals surface area contributed by atoms with E-state index >= 15 is 0 Å². The predicted molar refractivity (Wildman–Crippen MR) is 104 cm³/mol. The van der Waals surface area contributed by atoms with E-state index in [-0.39, 0.29) is 5.91 Å². The number of nitrogens with zero attached hydrogens (tertiary/aromatic N) is 1. The highest BCUT2D eigenvalue weighted by Gasteiger charge is 2.23. The largest absolute Gasteiger partial charge is 0.493 e. The molecule has 0 fully saturated rings. The van der Waals surface area contributed by atoms with Crippen molar-refractivity contribution in [3.63, 3.8) is 0 Å². The third-order valence-electron chi connectivity index (χ3n) is 3.94. The number of aryl methyl sites for hydroxylation is 1. The second kappa shape index (κ2) is 8.14. The van der Waals surface area contributed by atoms with E-state index in [0.717, 1.165) is 0 Å². The van der Waals surface area contributed by atoms with Crippen LogP contribution < -0.4 is 14.8 Å². The lowest BCUT2D eigenvalue weighted by atomic mass is 10.1. The fraction of sp³-hybridized carbons (Fsp3) is 0.200. The van der Waals surface area contributed by atoms with Gasteiger partial charge in [-0.2, -0.15) is 0 Å². The predicted octanol–water partition coefficient (Wildman–Crippen LogP) is 4.96. The molecule has 0 aliphatic heterocycles. The Balaban J connectivity index is 1.92. The molecular formula is C20H19ClN2O4. The summed E-state index contributed by atoms with van der Waals surface area (Å²) in [6.07, 6.45) is 0. The summed E-state index contributed by atoms with van der Waals surface area (Å²) in [5, 5.41) is 7.35.